The fraction of sp³-hybridized carbons (Fsp3) is 0.350. The third kappa shape index (κ3) is 4.59. The highest BCUT2D eigenvalue weighted by molar-refractivity contribution is 5.85. The number of carbonyl (C=O) groups is 1. The van der Waals surface area contributed by atoms with Crippen LogP contribution < -0.4 is 5.32 Å². The van der Waals surface area contributed by atoms with Crippen LogP contribution in [0.15, 0.2) is 54.6 Å². The lowest BCUT2D eigenvalue weighted by molar-refractivity contribution is -0.129. The fourth-order valence-electron chi connectivity index (χ4n) is 3.25. The number of benzene rings is 2. The number of halogens is 1. The van der Waals surface area contributed by atoms with Crippen molar-refractivity contribution in [2.75, 3.05) is 26.7 Å². The van der Waals surface area contributed by atoms with Gasteiger partial charge < -0.3 is 10.2 Å². The molecular weight excluding hydrogens is 320 g/mol. The Bertz CT molecular complexity index is 642. The number of carbonyl (C=O) groups excluding carboxylic acids is 1. The van der Waals surface area contributed by atoms with Crippen LogP contribution in [0.25, 0.3) is 11.1 Å². The van der Waals surface area contributed by atoms with Crippen LogP contribution in [-0.2, 0) is 11.2 Å². The molecule has 3 rings (SSSR count). The van der Waals surface area contributed by atoms with Gasteiger partial charge in [-0.1, -0.05) is 54.6 Å². The van der Waals surface area contributed by atoms with Crippen molar-refractivity contribution in [1.82, 2.24) is 10.2 Å². The predicted octanol–water partition coefficient (Wildman–Crippen LogP) is 3.39. The minimum absolute atomic E-state index is 0. The van der Waals surface area contributed by atoms with Crippen LogP contribution in [0.3, 0.4) is 0 Å². The van der Waals surface area contributed by atoms with Gasteiger partial charge in [0, 0.05) is 13.1 Å². The molecule has 1 saturated heterocycles. The van der Waals surface area contributed by atoms with E-state index >= 15 is 0 Å². The summed E-state index contributed by atoms with van der Waals surface area (Å²) >= 11 is 0. The quantitative estimate of drug-likeness (QED) is 0.901. The molecule has 0 saturated carbocycles. The maximum absolute atomic E-state index is 12.4. The van der Waals surface area contributed by atoms with Crippen LogP contribution in [0.1, 0.15) is 12.0 Å². The van der Waals surface area contributed by atoms with Gasteiger partial charge in [-0.3, -0.25) is 4.79 Å². The standard InChI is InChI=1S/C20H24N2O.ClH/c1-21-14-17-11-12-22(15-17)20(23)13-16-7-9-19(10-8-16)18-5-3-2-4-6-18;/h2-10,17,21H,11-15H2,1H3;1H. The largest absolute Gasteiger partial charge is 0.342 e. The molecular formula is C20H25ClN2O. The van der Waals surface area contributed by atoms with Crippen LogP contribution >= 0.6 is 12.4 Å². The first-order chi connectivity index (χ1) is 11.3. The van der Waals surface area contributed by atoms with E-state index in [0.717, 1.165) is 31.6 Å². The molecule has 0 radical (unpaired) electrons. The van der Waals surface area contributed by atoms with E-state index in [9.17, 15) is 4.79 Å². The first kappa shape index (κ1) is 18.5. The molecule has 0 aromatic heterocycles. The van der Waals surface area contributed by atoms with Gasteiger partial charge in [-0.05, 0) is 42.6 Å². The molecule has 1 aliphatic heterocycles. The number of nitrogens with zero attached hydrogens (tertiary/aromatic N) is 1. The number of hydrogen-bond donors (Lipinski definition) is 1. The molecule has 1 aliphatic rings. The topological polar surface area (TPSA) is 32.3 Å². The van der Waals surface area contributed by atoms with Crippen molar-refractivity contribution in [3.8, 4) is 11.1 Å². The summed E-state index contributed by atoms with van der Waals surface area (Å²) in [6.45, 7) is 2.78. The third-order valence-corrected chi connectivity index (χ3v) is 4.55. The lowest BCUT2D eigenvalue weighted by atomic mass is 10.0. The van der Waals surface area contributed by atoms with E-state index in [2.05, 4.69) is 41.7 Å². The van der Waals surface area contributed by atoms with Crippen LogP contribution in [0, 0.1) is 5.92 Å². The zero-order chi connectivity index (χ0) is 16.1. The molecule has 0 aliphatic carbocycles. The predicted molar refractivity (Wildman–Crippen MR) is 101 cm³/mol. The van der Waals surface area contributed by atoms with E-state index in [1.807, 2.05) is 30.1 Å². The SMILES string of the molecule is CNCC1CCN(C(=O)Cc2ccc(-c3ccccc3)cc2)C1.Cl. The van der Waals surface area contributed by atoms with Crippen molar-refractivity contribution < 1.29 is 4.79 Å². The summed E-state index contributed by atoms with van der Waals surface area (Å²) in [5.41, 5.74) is 3.49. The summed E-state index contributed by atoms with van der Waals surface area (Å²) in [5.74, 6) is 0.848. The number of nitrogens with one attached hydrogen (secondary N) is 1. The second-order valence-corrected chi connectivity index (χ2v) is 6.29. The second-order valence-electron chi connectivity index (χ2n) is 6.29. The van der Waals surface area contributed by atoms with Crippen LogP contribution in [0.4, 0.5) is 0 Å². The molecule has 1 heterocycles. The van der Waals surface area contributed by atoms with Crippen molar-refractivity contribution in [2.45, 2.75) is 12.8 Å². The Balaban J connectivity index is 0.00000208. The molecule has 1 atom stereocenters. The number of likely N-dealkylation sites (tertiary alicyclic amines) is 1. The van der Waals surface area contributed by atoms with Gasteiger partial charge in [0.1, 0.15) is 0 Å². The van der Waals surface area contributed by atoms with Crippen LogP contribution in [0.2, 0.25) is 0 Å². The highest BCUT2D eigenvalue weighted by atomic mass is 35.5. The van der Waals surface area contributed by atoms with Gasteiger partial charge in [0.15, 0.2) is 0 Å². The monoisotopic (exact) mass is 344 g/mol. The molecule has 1 N–H and O–H groups in total. The Kier molecular flexibility index (Phi) is 6.83. The normalized spacial score (nSPS) is 16.7. The molecule has 0 bridgehead atoms. The zero-order valence-electron chi connectivity index (χ0n) is 14.1. The van der Waals surface area contributed by atoms with Gasteiger partial charge in [-0.15, -0.1) is 12.4 Å². The second kappa shape index (κ2) is 8.86. The number of hydrogen-bond acceptors (Lipinski definition) is 2. The average Bonchev–Trinajstić information content (AvgIpc) is 3.06. The minimum Gasteiger partial charge on any atom is -0.342 e. The molecule has 4 heteroatoms. The Hall–Kier alpha value is -1.84. The summed E-state index contributed by atoms with van der Waals surface area (Å²) in [7, 11) is 1.97. The fourth-order valence-corrected chi connectivity index (χ4v) is 3.25. The van der Waals surface area contributed by atoms with E-state index in [4.69, 9.17) is 0 Å². The van der Waals surface area contributed by atoms with Crippen molar-refractivity contribution in [3.63, 3.8) is 0 Å². The number of amides is 1. The molecule has 1 fully saturated rings. The summed E-state index contributed by atoms with van der Waals surface area (Å²) in [6.07, 6.45) is 1.61. The lowest BCUT2D eigenvalue weighted by Crippen LogP contribution is -2.31. The molecule has 3 nitrogen and oxygen atoms in total. The highest BCUT2D eigenvalue weighted by Gasteiger charge is 2.25. The number of rotatable bonds is 5. The van der Waals surface area contributed by atoms with E-state index < -0.39 is 0 Å². The smallest absolute Gasteiger partial charge is 0.226 e. The molecule has 24 heavy (non-hydrogen) atoms. The van der Waals surface area contributed by atoms with Gasteiger partial charge >= 0.3 is 0 Å². The van der Waals surface area contributed by atoms with Crippen molar-refractivity contribution in [1.29, 1.82) is 0 Å². The first-order valence-corrected chi connectivity index (χ1v) is 8.33. The van der Waals surface area contributed by atoms with E-state index in [1.54, 1.807) is 0 Å². The minimum atomic E-state index is 0. The Morgan fingerprint density at radius 3 is 2.42 bits per heavy atom. The van der Waals surface area contributed by atoms with E-state index in [1.165, 1.54) is 11.1 Å². The Morgan fingerprint density at radius 1 is 1.08 bits per heavy atom. The van der Waals surface area contributed by atoms with Gasteiger partial charge in [0.05, 0.1) is 6.42 Å². The summed E-state index contributed by atoms with van der Waals surface area (Å²) in [5, 5.41) is 3.20. The summed E-state index contributed by atoms with van der Waals surface area (Å²) in [4.78, 5) is 14.4. The van der Waals surface area contributed by atoms with Crippen molar-refractivity contribution >= 4 is 18.3 Å². The maximum atomic E-state index is 12.4. The lowest BCUT2D eigenvalue weighted by Gasteiger charge is -2.16. The average molecular weight is 345 g/mol. The van der Waals surface area contributed by atoms with E-state index in [0.29, 0.717) is 12.3 Å². The van der Waals surface area contributed by atoms with Gasteiger partial charge in [0.2, 0.25) is 5.91 Å². The zero-order valence-corrected chi connectivity index (χ0v) is 14.9. The Morgan fingerprint density at radius 2 is 1.75 bits per heavy atom. The van der Waals surface area contributed by atoms with E-state index in [-0.39, 0.29) is 18.3 Å². The van der Waals surface area contributed by atoms with Gasteiger partial charge in [-0.2, -0.15) is 0 Å². The van der Waals surface area contributed by atoms with Gasteiger partial charge in [0.25, 0.3) is 0 Å². The molecule has 128 valence electrons. The Labute approximate surface area is 150 Å². The van der Waals surface area contributed by atoms with Gasteiger partial charge in [-0.25, -0.2) is 0 Å². The molecule has 1 amide bonds. The molecule has 0 spiro atoms. The van der Waals surface area contributed by atoms with Crippen molar-refractivity contribution in [3.05, 3.63) is 60.2 Å². The van der Waals surface area contributed by atoms with Crippen LogP contribution in [-0.4, -0.2) is 37.5 Å². The molecule has 2 aromatic rings. The highest BCUT2D eigenvalue weighted by Crippen LogP contribution is 2.20. The maximum Gasteiger partial charge on any atom is 0.226 e. The summed E-state index contributed by atoms with van der Waals surface area (Å²) < 4.78 is 0. The first-order valence-electron chi connectivity index (χ1n) is 8.33. The summed E-state index contributed by atoms with van der Waals surface area (Å²) in [6, 6.07) is 18.7. The van der Waals surface area contributed by atoms with Crippen molar-refractivity contribution in [2.24, 2.45) is 5.92 Å². The molecule has 1 unspecified atom stereocenters. The third-order valence-electron chi connectivity index (χ3n) is 4.55. The van der Waals surface area contributed by atoms with Crippen LogP contribution in [0.5, 0.6) is 0 Å². The molecule has 2 aromatic carbocycles.